The van der Waals surface area contributed by atoms with Gasteiger partial charge in [-0.25, -0.2) is 0 Å². The molecule has 1 N–H and O–H groups in total. The number of esters is 2. The Morgan fingerprint density at radius 2 is 1.88 bits per heavy atom. The van der Waals surface area contributed by atoms with Crippen LogP contribution in [0.15, 0.2) is 30.5 Å². The standard InChI is InChI=1S/C13H11NO3/c15-11-6-9(7-12(16)17-11)10-3-1-2-8-4-5-14-13(8)10/h1-5,9,14H,6-7H2. The zero-order valence-electron chi connectivity index (χ0n) is 9.10. The van der Waals surface area contributed by atoms with Gasteiger partial charge >= 0.3 is 11.9 Å². The van der Waals surface area contributed by atoms with Crippen LogP contribution < -0.4 is 0 Å². The van der Waals surface area contributed by atoms with Crippen LogP contribution in [-0.2, 0) is 14.3 Å². The lowest BCUT2D eigenvalue weighted by Crippen LogP contribution is -2.24. The summed E-state index contributed by atoms with van der Waals surface area (Å²) in [6.45, 7) is 0. The SMILES string of the molecule is O=C1CC(c2cccc3cc[nH]c23)CC(=O)O1. The first-order valence-electron chi connectivity index (χ1n) is 5.53. The highest BCUT2D eigenvalue weighted by Crippen LogP contribution is 2.32. The third kappa shape index (κ3) is 1.71. The van der Waals surface area contributed by atoms with E-state index in [0.717, 1.165) is 16.5 Å². The van der Waals surface area contributed by atoms with Crippen molar-refractivity contribution in [1.82, 2.24) is 4.98 Å². The summed E-state index contributed by atoms with van der Waals surface area (Å²) in [4.78, 5) is 25.7. The second kappa shape index (κ2) is 3.73. The zero-order chi connectivity index (χ0) is 11.8. The van der Waals surface area contributed by atoms with Crippen LogP contribution in [-0.4, -0.2) is 16.9 Å². The Bertz CT molecular complexity index is 583. The maximum absolute atomic E-state index is 11.3. The van der Waals surface area contributed by atoms with Crippen molar-refractivity contribution in [1.29, 1.82) is 0 Å². The number of hydrogen-bond acceptors (Lipinski definition) is 3. The van der Waals surface area contributed by atoms with Gasteiger partial charge in [-0.05, 0) is 17.0 Å². The number of hydrogen-bond donors (Lipinski definition) is 1. The van der Waals surface area contributed by atoms with Gasteiger partial charge in [-0.2, -0.15) is 0 Å². The highest BCUT2D eigenvalue weighted by atomic mass is 16.6. The molecule has 0 spiro atoms. The number of cyclic esters (lactones) is 2. The first kappa shape index (κ1) is 10.1. The van der Waals surface area contributed by atoms with Gasteiger partial charge in [0.25, 0.3) is 0 Å². The van der Waals surface area contributed by atoms with Crippen molar-refractivity contribution in [2.75, 3.05) is 0 Å². The van der Waals surface area contributed by atoms with Crippen LogP contribution in [0.3, 0.4) is 0 Å². The largest absolute Gasteiger partial charge is 0.393 e. The number of H-pyrrole nitrogens is 1. The topological polar surface area (TPSA) is 59.2 Å². The zero-order valence-corrected chi connectivity index (χ0v) is 9.10. The Balaban J connectivity index is 2.05. The monoisotopic (exact) mass is 229 g/mol. The summed E-state index contributed by atoms with van der Waals surface area (Å²) >= 11 is 0. The molecule has 2 heterocycles. The van der Waals surface area contributed by atoms with E-state index < -0.39 is 11.9 Å². The van der Waals surface area contributed by atoms with Crippen LogP contribution in [0.4, 0.5) is 0 Å². The Morgan fingerprint density at radius 1 is 1.12 bits per heavy atom. The van der Waals surface area contributed by atoms with Crippen molar-refractivity contribution >= 4 is 22.8 Å². The van der Waals surface area contributed by atoms with E-state index in [1.807, 2.05) is 30.5 Å². The molecular formula is C13H11NO3. The van der Waals surface area contributed by atoms with E-state index in [9.17, 15) is 9.59 Å². The van der Waals surface area contributed by atoms with E-state index in [-0.39, 0.29) is 18.8 Å². The molecule has 4 heteroatoms. The minimum Gasteiger partial charge on any atom is -0.393 e. The van der Waals surface area contributed by atoms with Gasteiger partial charge in [-0.1, -0.05) is 18.2 Å². The molecule has 0 unspecified atom stereocenters. The first-order valence-corrected chi connectivity index (χ1v) is 5.53. The molecule has 3 rings (SSSR count). The average Bonchev–Trinajstić information content (AvgIpc) is 2.75. The molecule has 86 valence electrons. The van der Waals surface area contributed by atoms with Gasteiger partial charge < -0.3 is 9.72 Å². The van der Waals surface area contributed by atoms with E-state index in [4.69, 9.17) is 0 Å². The summed E-state index contributed by atoms with van der Waals surface area (Å²) < 4.78 is 4.54. The van der Waals surface area contributed by atoms with E-state index in [2.05, 4.69) is 9.72 Å². The average molecular weight is 229 g/mol. The number of para-hydroxylation sites is 1. The van der Waals surface area contributed by atoms with Gasteiger partial charge in [0.15, 0.2) is 0 Å². The molecule has 1 aliphatic heterocycles. The summed E-state index contributed by atoms with van der Waals surface area (Å²) in [7, 11) is 0. The molecule has 0 bridgehead atoms. The lowest BCUT2D eigenvalue weighted by atomic mass is 9.90. The molecule has 17 heavy (non-hydrogen) atoms. The molecule has 1 saturated heterocycles. The molecule has 2 aromatic rings. The lowest BCUT2D eigenvalue weighted by Gasteiger charge is -2.20. The van der Waals surface area contributed by atoms with Gasteiger partial charge in [0.1, 0.15) is 0 Å². The second-order valence-electron chi connectivity index (χ2n) is 4.24. The van der Waals surface area contributed by atoms with Gasteiger partial charge in [-0.3, -0.25) is 9.59 Å². The van der Waals surface area contributed by atoms with Crippen LogP contribution in [0, 0.1) is 0 Å². The van der Waals surface area contributed by atoms with Crippen molar-refractivity contribution in [3.05, 3.63) is 36.0 Å². The number of carbonyl (C=O) groups excluding carboxylic acids is 2. The van der Waals surface area contributed by atoms with Crippen molar-refractivity contribution in [3.63, 3.8) is 0 Å². The molecule has 0 amide bonds. The highest BCUT2D eigenvalue weighted by Gasteiger charge is 2.29. The van der Waals surface area contributed by atoms with Gasteiger partial charge in [-0.15, -0.1) is 0 Å². The van der Waals surface area contributed by atoms with Crippen molar-refractivity contribution in [2.45, 2.75) is 18.8 Å². The van der Waals surface area contributed by atoms with Gasteiger partial charge in [0.2, 0.25) is 0 Å². The molecule has 4 nitrogen and oxygen atoms in total. The Kier molecular flexibility index (Phi) is 2.21. The van der Waals surface area contributed by atoms with E-state index in [1.54, 1.807) is 0 Å². The summed E-state index contributed by atoms with van der Waals surface area (Å²) in [5.74, 6) is -0.948. The molecule has 1 aromatic heterocycles. The number of ether oxygens (including phenoxy) is 1. The maximum Gasteiger partial charge on any atom is 0.314 e. The van der Waals surface area contributed by atoms with Gasteiger partial charge in [0.05, 0.1) is 12.8 Å². The van der Waals surface area contributed by atoms with Crippen LogP contribution in [0.1, 0.15) is 24.3 Å². The molecule has 1 aromatic carbocycles. The third-order valence-corrected chi connectivity index (χ3v) is 3.11. The van der Waals surface area contributed by atoms with E-state index >= 15 is 0 Å². The number of benzene rings is 1. The predicted molar refractivity (Wildman–Crippen MR) is 61.4 cm³/mol. The summed E-state index contributed by atoms with van der Waals surface area (Å²) in [5, 5.41) is 1.09. The quantitative estimate of drug-likeness (QED) is 0.601. The Morgan fingerprint density at radius 3 is 2.65 bits per heavy atom. The predicted octanol–water partition coefficient (Wildman–Crippen LogP) is 2.12. The molecule has 0 saturated carbocycles. The van der Waals surface area contributed by atoms with E-state index in [1.165, 1.54) is 0 Å². The highest BCUT2D eigenvalue weighted by molar-refractivity contribution is 5.91. The summed E-state index contributed by atoms with van der Waals surface area (Å²) in [6, 6.07) is 7.87. The Hall–Kier alpha value is -2.10. The van der Waals surface area contributed by atoms with Crippen molar-refractivity contribution in [3.8, 4) is 0 Å². The Labute approximate surface area is 97.6 Å². The molecule has 1 fully saturated rings. The molecule has 0 radical (unpaired) electrons. The lowest BCUT2D eigenvalue weighted by molar-refractivity contribution is -0.163. The fraction of sp³-hybridized carbons (Fsp3) is 0.231. The minimum atomic E-state index is -0.435. The number of aromatic amines is 1. The molecular weight excluding hydrogens is 218 g/mol. The second-order valence-corrected chi connectivity index (χ2v) is 4.24. The summed E-state index contributed by atoms with van der Waals surface area (Å²) in [6.07, 6.45) is 2.39. The number of rotatable bonds is 1. The number of aromatic nitrogens is 1. The molecule has 1 aliphatic rings. The number of carbonyl (C=O) groups is 2. The summed E-state index contributed by atoms with van der Waals surface area (Å²) in [5.41, 5.74) is 2.01. The van der Waals surface area contributed by atoms with Crippen molar-refractivity contribution in [2.24, 2.45) is 0 Å². The van der Waals surface area contributed by atoms with E-state index in [0.29, 0.717) is 0 Å². The fourth-order valence-corrected chi connectivity index (χ4v) is 2.35. The molecule has 0 aliphatic carbocycles. The van der Waals surface area contributed by atoms with Crippen molar-refractivity contribution < 1.29 is 14.3 Å². The van der Waals surface area contributed by atoms with Crippen LogP contribution >= 0.6 is 0 Å². The van der Waals surface area contributed by atoms with Crippen LogP contribution in [0.25, 0.3) is 10.9 Å². The maximum atomic E-state index is 11.3. The fourth-order valence-electron chi connectivity index (χ4n) is 2.35. The third-order valence-electron chi connectivity index (χ3n) is 3.11. The number of fused-ring (bicyclic) bond motifs is 1. The smallest absolute Gasteiger partial charge is 0.314 e. The number of nitrogens with one attached hydrogen (secondary N) is 1. The molecule has 0 atom stereocenters. The normalized spacial score (nSPS) is 17.4. The van der Waals surface area contributed by atoms with Gasteiger partial charge in [0, 0.05) is 17.6 Å². The van der Waals surface area contributed by atoms with Crippen LogP contribution in [0.2, 0.25) is 0 Å². The van der Waals surface area contributed by atoms with Crippen LogP contribution in [0.5, 0.6) is 0 Å². The first-order chi connectivity index (χ1) is 8.24. The minimum absolute atomic E-state index is 0.0777.